The number of aliphatic carboxylic acids is 4. The second-order valence-corrected chi connectivity index (χ2v) is 1.97. The Kier molecular flexibility index (Phi) is 68.1. The van der Waals surface area contributed by atoms with Crippen LogP contribution < -0.4 is 20.4 Å². The summed E-state index contributed by atoms with van der Waals surface area (Å²) in [5.41, 5.74) is 0. The molecular weight excluding hydrogens is 353 g/mol. The van der Waals surface area contributed by atoms with Crippen LogP contribution in [0.4, 0.5) is 0 Å². The summed E-state index contributed by atoms with van der Waals surface area (Å²) in [5.74, 6) is -4.33. The largest absolute Gasteiger partial charge is 4.00 e. The van der Waals surface area contributed by atoms with Crippen molar-refractivity contribution in [2.45, 2.75) is 27.7 Å². The number of carboxylic acid groups (broad SMARTS) is 4. The van der Waals surface area contributed by atoms with E-state index in [2.05, 4.69) is 6.79 Å². The molecule has 0 saturated carbocycles. The first-order valence-electron chi connectivity index (χ1n) is 3.84. The Morgan fingerprint density at radius 3 is 0.579 bits per heavy atom. The smallest absolute Gasteiger partial charge is 0.550 e. The summed E-state index contributed by atoms with van der Waals surface area (Å²) in [7, 11) is 0. The maximum absolute atomic E-state index is 8.89. The van der Waals surface area contributed by atoms with E-state index in [4.69, 9.17) is 44.4 Å². The van der Waals surface area contributed by atoms with Crippen molar-refractivity contribution in [2.75, 3.05) is 0 Å². The van der Waals surface area contributed by atoms with Crippen LogP contribution >= 0.6 is 0 Å². The molecule has 9 nitrogen and oxygen atoms in total. The van der Waals surface area contributed by atoms with Crippen molar-refractivity contribution in [2.24, 2.45) is 0 Å². The van der Waals surface area contributed by atoms with Crippen molar-refractivity contribution >= 4 is 30.7 Å². The van der Waals surface area contributed by atoms with Gasteiger partial charge in [0.2, 0.25) is 0 Å². The van der Waals surface area contributed by atoms with Crippen LogP contribution in [0.3, 0.4) is 0 Å². The topological polar surface area (TPSA) is 178 Å². The third-order valence-corrected chi connectivity index (χ3v) is 0. The minimum atomic E-state index is -1.08. The van der Waals surface area contributed by atoms with E-state index < -0.39 is 23.9 Å². The fourth-order valence-electron chi connectivity index (χ4n) is 0. The number of hydrogen-bond acceptors (Lipinski definition) is 9. The molecule has 0 heterocycles. The molecule has 19 heavy (non-hydrogen) atoms. The van der Waals surface area contributed by atoms with Crippen LogP contribution in [-0.2, 0) is 43.5 Å². The molecule has 0 aromatic carbocycles. The molecule has 0 bridgehead atoms. The molecule has 0 aromatic rings. The molecule has 0 atom stereocenters. The number of rotatable bonds is 0. The normalized spacial score (nSPS) is 5.47. The van der Waals surface area contributed by atoms with Crippen molar-refractivity contribution in [1.29, 1.82) is 0 Å². The molecule has 2 radical (unpaired) electrons. The molecule has 0 aliphatic heterocycles. The molecule has 10 heteroatoms. The van der Waals surface area contributed by atoms with E-state index in [-0.39, 0.29) is 19.5 Å². The Balaban J connectivity index is -0.0000000279. The van der Waals surface area contributed by atoms with E-state index in [1.54, 1.807) is 0 Å². The van der Waals surface area contributed by atoms with Crippen LogP contribution in [0.1, 0.15) is 27.7 Å². The first kappa shape index (κ1) is 36.0. The second-order valence-electron chi connectivity index (χ2n) is 1.97. The Morgan fingerprint density at radius 2 is 0.579 bits per heavy atom. The van der Waals surface area contributed by atoms with Crippen LogP contribution in [0.2, 0.25) is 0 Å². The summed E-state index contributed by atoms with van der Waals surface area (Å²) in [6, 6.07) is 0. The average molecular weight is 365 g/mol. The van der Waals surface area contributed by atoms with Gasteiger partial charge in [-0.3, -0.25) is 4.79 Å². The van der Waals surface area contributed by atoms with Gasteiger partial charge in [-0.05, 0) is 27.7 Å². The predicted octanol–water partition coefficient (Wildman–Crippen LogP) is -5.37. The third kappa shape index (κ3) is 974. The third-order valence-electron chi connectivity index (χ3n) is 0. The minimum absolute atomic E-state index is 0. The van der Waals surface area contributed by atoms with Gasteiger partial charge < -0.3 is 39.6 Å². The Labute approximate surface area is 123 Å². The van der Waals surface area contributed by atoms with Crippen LogP contribution in [0.15, 0.2) is 0 Å². The van der Waals surface area contributed by atoms with Gasteiger partial charge in [-0.1, -0.05) is 0 Å². The summed E-state index contributed by atoms with van der Waals surface area (Å²) in [4.78, 5) is 43.1. The van der Waals surface area contributed by atoms with Gasteiger partial charge in [0.15, 0.2) is 0 Å². The molecule has 0 amide bonds. The monoisotopic (exact) mass is 366 g/mol. The van der Waals surface area contributed by atoms with E-state index in [1.807, 2.05) is 0 Å². The van der Waals surface area contributed by atoms with Gasteiger partial charge >= 0.3 is 19.5 Å². The van der Waals surface area contributed by atoms with Gasteiger partial charge in [-0.25, -0.2) is 0 Å². The molecule has 110 valence electrons. The first-order chi connectivity index (χ1) is 7.93. The zero-order chi connectivity index (χ0) is 16.3. The zero-order valence-electron chi connectivity index (χ0n) is 10.5. The zero-order valence-corrected chi connectivity index (χ0v) is 12.3. The summed E-state index contributed by atoms with van der Waals surface area (Å²) in [6.45, 7) is 8.39. The number of carboxylic acids is 4. The van der Waals surface area contributed by atoms with Crippen LogP contribution in [0.25, 0.3) is 0 Å². The fourth-order valence-corrected chi connectivity index (χ4v) is 0. The van der Waals surface area contributed by atoms with Crippen molar-refractivity contribution in [3.63, 3.8) is 0 Å². The standard InChI is InChI=1S/4C2H4O2.CO.Ru/c4*1-2(3)4;1-2;/h4*1H3,(H,3,4);;/q;;;;;+4/p-4. The molecular formula is C9H12O9Ru. The molecule has 0 aliphatic rings. The molecule has 0 aliphatic carbocycles. The van der Waals surface area contributed by atoms with Crippen molar-refractivity contribution < 1.29 is 63.9 Å². The summed E-state index contributed by atoms with van der Waals surface area (Å²) < 4.78 is 0. The van der Waals surface area contributed by atoms with E-state index in [1.165, 1.54) is 0 Å². The quantitative estimate of drug-likeness (QED) is 0.379. The first-order valence-corrected chi connectivity index (χ1v) is 3.84. The Hall–Kier alpha value is -1.83. The summed E-state index contributed by atoms with van der Waals surface area (Å²) in [5, 5.41) is 35.6. The number of hydrogen-bond donors (Lipinski definition) is 0. The van der Waals surface area contributed by atoms with Gasteiger partial charge in [0.05, 0.1) is 0 Å². The maximum Gasteiger partial charge on any atom is 4.00 e. The van der Waals surface area contributed by atoms with E-state index in [0.717, 1.165) is 27.7 Å². The van der Waals surface area contributed by atoms with Crippen LogP contribution in [0, 0.1) is 0 Å². The Morgan fingerprint density at radius 1 is 0.579 bits per heavy atom. The summed E-state index contributed by atoms with van der Waals surface area (Å²) in [6.07, 6.45) is 0. The minimum Gasteiger partial charge on any atom is -0.550 e. The van der Waals surface area contributed by atoms with Crippen LogP contribution in [0.5, 0.6) is 0 Å². The second kappa shape index (κ2) is 36.0. The van der Waals surface area contributed by atoms with Gasteiger partial charge in [-0.2, -0.15) is 0 Å². The SMILES string of the molecule is CC(=O)[O-].CC(=O)[O-].CC(=O)[O-].CC(=O)[O-].[C]=O.[Ru+4]. The van der Waals surface area contributed by atoms with E-state index in [0.29, 0.717) is 0 Å². The van der Waals surface area contributed by atoms with Crippen molar-refractivity contribution in [3.05, 3.63) is 0 Å². The van der Waals surface area contributed by atoms with Crippen molar-refractivity contribution in [1.82, 2.24) is 0 Å². The van der Waals surface area contributed by atoms with Gasteiger partial charge in [0, 0.05) is 23.9 Å². The Bertz CT molecular complexity index is 176. The van der Waals surface area contributed by atoms with Gasteiger partial charge in [-0.15, -0.1) is 0 Å². The molecule has 0 saturated heterocycles. The van der Waals surface area contributed by atoms with Gasteiger partial charge in [0.1, 0.15) is 0 Å². The maximum atomic E-state index is 8.89. The van der Waals surface area contributed by atoms with E-state index >= 15 is 0 Å². The molecule has 0 unspecified atom stereocenters. The fraction of sp³-hybridized carbons (Fsp3) is 0.444. The summed E-state index contributed by atoms with van der Waals surface area (Å²) >= 11 is 0. The predicted molar refractivity (Wildman–Crippen MR) is 48.4 cm³/mol. The van der Waals surface area contributed by atoms with Gasteiger partial charge in [0.25, 0.3) is 6.79 Å². The average Bonchev–Trinajstić information content (AvgIpc) is 2.01. The number of carbonyl (C=O) groups is 4. The molecule has 0 rings (SSSR count). The molecule has 0 spiro atoms. The van der Waals surface area contributed by atoms with Crippen LogP contribution in [-0.4, -0.2) is 30.7 Å². The molecule has 0 N–H and O–H groups in total. The molecule has 0 aromatic heterocycles. The molecule has 0 fully saturated rings. The number of carbonyl (C=O) groups excluding carboxylic acids is 5. The van der Waals surface area contributed by atoms with Crippen molar-refractivity contribution in [3.8, 4) is 0 Å². The van der Waals surface area contributed by atoms with E-state index in [9.17, 15) is 0 Å².